The zero-order valence-electron chi connectivity index (χ0n) is 10.8. The Kier molecular flexibility index (Phi) is 5.91. The summed E-state index contributed by atoms with van der Waals surface area (Å²) in [7, 11) is 1.68. The van der Waals surface area contributed by atoms with Crippen molar-refractivity contribution in [1.29, 1.82) is 0 Å². The second-order valence-electron chi connectivity index (χ2n) is 4.85. The lowest BCUT2D eigenvalue weighted by atomic mass is 9.67. The van der Waals surface area contributed by atoms with Crippen LogP contribution in [0.3, 0.4) is 0 Å². The van der Waals surface area contributed by atoms with Gasteiger partial charge in [-0.25, -0.2) is 4.79 Å². The number of carboxylic acid groups (broad SMARTS) is 1. The summed E-state index contributed by atoms with van der Waals surface area (Å²) in [5.74, 6) is -0.911. The molecule has 1 saturated carbocycles. The number of rotatable bonds is 8. The van der Waals surface area contributed by atoms with Crippen molar-refractivity contribution in [1.82, 2.24) is 10.6 Å². The highest BCUT2D eigenvalue weighted by Crippen LogP contribution is 2.43. The molecular formula is C12H22N2O4. The molecule has 0 aromatic rings. The van der Waals surface area contributed by atoms with Crippen molar-refractivity contribution in [2.24, 2.45) is 5.41 Å². The van der Waals surface area contributed by atoms with Gasteiger partial charge in [-0.2, -0.15) is 0 Å². The van der Waals surface area contributed by atoms with Gasteiger partial charge < -0.3 is 20.5 Å². The molecule has 2 amide bonds. The summed E-state index contributed by atoms with van der Waals surface area (Å²) in [5.41, 5.74) is 0.181. The average molecular weight is 258 g/mol. The van der Waals surface area contributed by atoms with Crippen LogP contribution in [0.25, 0.3) is 0 Å². The maximum atomic E-state index is 11.4. The standard InChI is InChI=1S/C12H22N2O4/c1-18-8-6-12(4-2-5-12)9-14-11(17)13-7-3-10(15)16/h2-9H2,1H3,(H,15,16)(H2,13,14,17). The van der Waals surface area contributed by atoms with Crippen LogP contribution in [0.2, 0.25) is 0 Å². The molecule has 0 radical (unpaired) electrons. The Hall–Kier alpha value is -1.30. The third-order valence-electron chi connectivity index (χ3n) is 3.50. The third-order valence-corrected chi connectivity index (χ3v) is 3.50. The molecule has 3 N–H and O–H groups in total. The second-order valence-corrected chi connectivity index (χ2v) is 4.85. The molecule has 0 saturated heterocycles. The minimum absolute atomic E-state index is 0.0533. The zero-order valence-corrected chi connectivity index (χ0v) is 10.8. The fraction of sp³-hybridized carbons (Fsp3) is 0.833. The Labute approximate surface area is 107 Å². The van der Waals surface area contributed by atoms with E-state index in [0.29, 0.717) is 13.2 Å². The fourth-order valence-corrected chi connectivity index (χ4v) is 2.12. The number of hydrogen-bond donors (Lipinski definition) is 3. The molecule has 0 heterocycles. The van der Waals surface area contributed by atoms with Gasteiger partial charge in [-0.1, -0.05) is 6.42 Å². The monoisotopic (exact) mass is 258 g/mol. The Morgan fingerprint density at radius 2 is 2.06 bits per heavy atom. The highest BCUT2D eigenvalue weighted by Gasteiger charge is 2.36. The molecule has 0 atom stereocenters. The molecular weight excluding hydrogens is 236 g/mol. The summed E-state index contributed by atoms with van der Waals surface area (Å²) in [5, 5.41) is 13.8. The predicted octanol–water partition coefficient (Wildman–Crippen LogP) is 0.967. The largest absolute Gasteiger partial charge is 0.481 e. The average Bonchev–Trinajstić information content (AvgIpc) is 2.27. The smallest absolute Gasteiger partial charge is 0.314 e. The minimum atomic E-state index is -0.911. The van der Waals surface area contributed by atoms with Gasteiger partial charge in [0.15, 0.2) is 0 Å². The summed E-state index contributed by atoms with van der Waals surface area (Å²) in [6.07, 6.45) is 4.34. The van der Waals surface area contributed by atoms with E-state index in [0.717, 1.165) is 19.3 Å². The van der Waals surface area contributed by atoms with Crippen LogP contribution < -0.4 is 10.6 Å². The van der Waals surface area contributed by atoms with Gasteiger partial charge in [0.25, 0.3) is 0 Å². The fourth-order valence-electron chi connectivity index (χ4n) is 2.12. The van der Waals surface area contributed by atoms with Crippen LogP contribution in [-0.4, -0.2) is 43.9 Å². The Balaban J connectivity index is 2.17. The van der Waals surface area contributed by atoms with Crippen molar-refractivity contribution in [3.63, 3.8) is 0 Å². The van der Waals surface area contributed by atoms with Gasteiger partial charge in [-0.15, -0.1) is 0 Å². The van der Waals surface area contributed by atoms with E-state index in [1.807, 2.05) is 0 Å². The number of methoxy groups -OCH3 is 1. The Morgan fingerprint density at radius 3 is 2.56 bits per heavy atom. The lowest BCUT2D eigenvalue weighted by molar-refractivity contribution is -0.136. The van der Waals surface area contributed by atoms with Gasteiger partial charge in [0.05, 0.1) is 6.42 Å². The number of nitrogens with one attached hydrogen (secondary N) is 2. The van der Waals surface area contributed by atoms with Crippen molar-refractivity contribution >= 4 is 12.0 Å². The van der Waals surface area contributed by atoms with E-state index in [1.54, 1.807) is 7.11 Å². The van der Waals surface area contributed by atoms with Crippen LogP contribution >= 0.6 is 0 Å². The van der Waals surface area contributed by atoms with Crippen molar-refractivity contribution in [2.75, 3.05) is 26.8 Å². The first-order valence-electron chi connectivity index (χ1n) is 6.30. The summed E-state index contributed by atoms with van der Waals surface area (Å²) in [4.78, 5) is 21.7. The van der Waals surface area contributed by atoms with E-state index < -0.39 is 5.97 Å². The molecule has 0 bridgehead atoms. The lowest BCUT2D eigenvalue weighted by Crippen LogP contribution is -2.46. The number of hydrogen-bond acceptors (Lipinski definition) is 3. The number of urea groups is 1. The van der Waals surface area contributed by atoms with Gasteiger partial charge >= 0.3 is 12.0 Å². The molecule has 1 aliphatic carbocycles. The van der Waals surface area contributed by atoms with Crippen molar-refractivity contribution in [2.45, 2.75) is 32.1 Å². The van der Waals surface area contributed by atoms with E-state index >= 15 is 0 Å². The van der Waals surface area contributed by atoms with E-state index in [9.17, 15) is 9.59 Å². The number of amides is 2. The lowest BCUT2D eigenvalue weighted by Gasteiger charge is -2.42. The first-order valence-corrected chi connectivity index (χ1v) is 6.30. The van der Waals surface area contributed by atoms with Crippen molar-refractivity contribution < 1.29 is 19.4 Å². The van der Waals surface area contributed by atoms with Crippen LogP contribution in [0.4, 0.5) is 4.79 Å². The molecule has 0 aliphatic heterocycles. The molecule has 1 fully saturated rings. The summed E-state index contributed by atoms with van der Waals surface area (Å²) >= 11 is 0. The van der Waals surface area contributed by atoms with Crippen molar-refractivity contribution in [3.05, 3.63) is 0 Å². The van der Waals surface area contributed by atoms with Crippen LogP contribution in [0.5, 0.6) is 0 Å². The van der Waals surface area contributed by atoms with Crippen molar-refractivity contribution in [3.8, 4) is 0 Å². The zero-order chi connectivity index (χ0) is 13.4. The van der Waals surface area contributed by atoms with Gasteiger partial charge in [0, 0.05) is 26.8 Å². The summed E-state index contributed by atoms with van der Waals surface area (Å²) < 4.78 is 5.08. The molecule has 1 rings (SSSR count). The van der Waals surface area contributed by atoms with Gasteiger partial charge in [-0.05, 0) is 24.7 Å². The molecule has 6 heteroatoms. The highest BCUT2D eigenvalue weighted by atomic mass is 16.5. The number of ether oxygens (including phenoxy) is 1. The van der Waals surface area contributed by atoms with Crippen LogP contribution in [0.15, 0.2) is 0 Å². The summed E-state index contributed by atoms with van der Waals surface area (Å²) in [6, 6.07) is -0.292. The number of carbonyl (C=O) groups is 2. The van der Waals surface area contributed by atoms with E-state index in [1.165, 1.54) is 6.42 Å². The molecule has 0 aromatic carbocycles. The highest BCUT2D eigenvalue weighted by molar-refractivity contribution is 5.75. The van der Waals surface area contributed by atoms with Crippen LogP contribution in [0.1, 0.15) is 32.1 Å². The van der Waals surface area contributed by atoms with E-state index in [4.69, 9.17) is 9.84 Å². The number of aliphatic carboxylic acids is 1. The molecule has 6 nitrogen and oxygen atoms in total. The van der Waals surface area contributed by atoms with E-state index in [2.05, 4.69) is 10.6 Å². The molecule has 1 aliphatic rings. The Morgan fingerprint density at radius 1 is 1.33 bits per heavy atom. The molecule has 0 aromatic heterocycles. The Bertz CT molecular complexity index is 290. The SMILES string of the molecule is COCCC1(CNC(=O)NCCC(=O)O)CCC1. The molecule has 0 spiro atoms. The molecule has 18 heavy (non-hydrogen) atoms. The minimum Gasteiger partial charge on any atom is -0.481 e. The molecule has 0 unspecified atom stereocenters. The molecule has 104 valence electrons. The van der Waals surface area contributed by atoms with E-state index in [-0.39, 0.29) is 24.4 Å². The first-order chi connectivity index (χ1) is 8.58. The predicted molar refractivity (Wildman–Crippen MR) is 66.4 cm³/mol. The quantitative estimate of drug-likeness (QED) is 0.605. The van der Waals surface area contributed by atoms with Gasteiger partial charge in [-0.3, -0.25) is 4.79 Å². The maximum absolute atomic E-state index is 11.4. The van der Waals surface area contributed by atoms with Gasteiger partial charge in [0.1, 0.15) is 0 Å². The first kappa shape index (κ1) is 14.8. The number of carbonyl (C=O) groups excluding carboxylic acids is 1. The number of carboxylic acids is 1. The van der Waals surface area contributed by atoms with Gasteiger partial charge in [0.2, 0.25) is 0 Å². The van der Waals surface area contributed by atoms with Crippen LogP contribution in [-0.2, 0) is 9.53 Å². The maximum Gasteiger partial charge on any atom is 0.314 e. The summed E-state index contributed by atoms with van der Waals surface area (Å²) in [6.45, 7) is 1.50. The second kappa shape index (κ2) is 7.20. The van der Waals surface area contributed by atoms with Crippen LogP contribution in [0, 0.1) is 5.41 Å². The topological polar surface area (TPSA) is 87.7 Å². The normalized spacial score (nSPS) is 16.7. The third kappa shape index (κ3) is 4.91.